The van der Waals surface area contributed by atoms with Gasteiger partial charge < -0.3 is 10.1 Å². The Labute approximate surface area is 133 Å². The van der Waals surface area contributed by atoms with Gasteiger partial charge in [-0.1, -0.05) is 0 Å². The second-order valence-corrected chi connectivity index (χ2v) is 6.19. The Morgan fingerprint density at radius 1 is 1.50 bits per heavy atom. The van der Waals surface area contributed by atoms with E-state index in [1.807, 2.05) is 11.8 Å². The first-order chi connectivity index (χ1) is 10.5. The summed E-state index contributed by atoms with van der Waals surface area (Å²) in [6.45, 7) is 0.486. The fraction of sp³-hybridized carbons (Fsp3) is 0.400. The van der Waals surface area contributed by atoms with Crippen molar-refractivity contribution in [2.45, 2.75) is 12.0 Å². The summed E-state index contributed by atoms with van der Waals surface area (Å²) in [5, 5.41) is 13.4. The normalized spacial score (nSPS) is 21.1. The van der Waals surface area contributed by atoms with Gasteiger partial charge in [0, 0.05) is 37.6 Å². The van der Waals surface area contributed by atoms with Crippen molar-refractivity contribution in [3.05, 3.63) is 46.0 Å². The predicted molar refractivity (Wildman–Crippen MR) is 86.8 cm³/mol. The number of nitro groups is 1. The van der Waals surface area contributed by atoms with Crippen LogP contribution >= 0.6 is 11.8 Å². The Balaban J connectivity index is 1.87. The average molecular weight is 322 g/mol. The molecular weight excluding hydrogens is 304 g/mol. The number of benzene rings is 1. The number of methoxy groups -OCH3 is 1. The lowest BCUT2D eigenvalue weighted by molar-refractivity contribution is -0.384. The van der Waals surface area contributed by atoms with Crippen molar-refractivity contribution in [2.75, 3.05) is 25.2 Å². The standard InChI is InChI=1S/C15H18N2O4S/c1-21-15(8-9-22-11-15)10-16-14(18)7-4-12-2-5-13(6-3-12)17(19)20/h2-7H,8-11H2,1H3,(H,16,18)/b7-4+. The van der Waals surface area contributed by atoms with Crippen LogP contribution in [-0.4, -0.2) is 41.6 Å². The van der Waals surface area contributed by atoms with Crippen LogP contribution in [0.5, 0.6) is 0 Å². The minimum Gasteiger partial charge on any atom is -0.376 e. The Hall–Kier alpha value is -1.86. The highest BCUT2D eigenvalue weighted by Gasteiger charge is 2.34. The number of amides is 1. The highest BCUT2D eigenvalue weighted by molar-refractivity contribution is 7.99. The Bertz CT molecular complexity index is 565. The molecule has 22 heavy (non-hydrogen) atoms. The van der Waals surface area contributed by atoms with Crippen LogP contribution in [0.25, 0.3) is 6.08 Å². The van der Waals surface area contributed by atoms with Crippen LogP contribution in [-0.2, 0) is 9.53 Å². The van der Waals surface area contributed by atoms with Crippen LogP contribution in [0.2, 0.25) is 0 Å². The second kappa shape index (κ2) is 7.42. The minimum absolute atomic E-state index is 0.0300. The Kier molecular flexibility index (Phi) is 5.57. The number of hydrogen-bond donors (Lipinski definition) is 1. The molecular formula is C15H18N2O4S. The molecule has 6 nitrogen and oxygen atoms in total. The van der Waals surface area contributed by atoms with E-state index < -0.39 is 4.92 Å². The lowest BCUT2D eigenvalue weighted by Gasteiger charge is -2.26. The van der Waals surface area contributed by atoms with Gasteiger partial charge in [0.25, 0.3) is 5.69 Å². The SMILES string of the molecule is COC1(CNC(=O)/C=C/c2ccc([N+](=O)[O-])cc2)CCSC1. The number of carbonyl (C=O) groups excluding carboxylic acids is 1. The van der Waals surface area contributed by atoms with E-state index in [0.29, 0.717) is 6.54 Å². The summed E-state index contributed by atoms with van der Waals surface area (Å²) in [5.41, 5.74) is 0.502. The molecule has 0 aliphatic carbocycles. The molecule has 0 spiro atoms. The summed E-state index contributed by atoms with van der Waals surface area (Å²) >= 11 is 1.82. The van der Waals surface area contributed by atoms with Gasteiger partial charge in [-0.05, 0) is 35.9 Å². The van der Waals surface area contributed by atoms with E-state index in [2.05, 4.69) is 5.32 Å². The molecule has 1 heterocycles. The average Bonchev–Trinajstić information content (AvgIpc) is 3.01. The topological polar surface area (TPSA) is 81.5 Å². The van der Waals surface area contributed by atoms with Crippen molar-refractivity contribution < 1.29 is 14.5 Å². The molecule has 1 aliphatic rings. The fourth-order valence-corrected chi connectivity index (χ4v) is 3.54. The molecule has 1 saturated heterocycles. The van der Waals surface area contributed by atoms with Crippen LogP contribution < -0.4 is 5.32 Å². The largest absolute Gasteiger partial charge is 0.376 e. The molecule has 1 aromatic carbocycles. The number of non-ortho nitro benzene ring substituents is 1. The number of nitrogens with one attached hydrogen (secondary N) is 1. The van der Waals surface area contributed by atoms with Crippen LogP contribution in [0.1, 0.15) is 12.0 Å². The first-order valence-corrected chi connectivity index (χ1v) is 8.03. The van der Waals surface area contributed by atoms with Crippen LogP contribution in [0.3, 0.4) is 0 Å². The van der Waals surface area contributed by atoms with Crippen molar-refractivity contribution in [1.29, 1.82) is 0 Å². The molecule has 2 rings (SSSR count). The Morgan fingerprint density at radius 3 is 2.77 bits per heavy atom. The minimum atomic E-state index is -0.454. The monoisotopic (exact) mass is 322 g/mol. The lowest BCUT2D eigenvalue weighted by Crippen LogP contribution is -2.44. The summed E-state index contributed by atoms with van der Waals surface area (Å²) in [7, 11) is 1.67. The molecule has 118 valence electrons. The fourth-order valence-electron chi connectivity index (χ4n) is 2.15. The predicted octanol–water partition coefficient (Wildman–Crippen LogP) is 2.25. The molecule has 0 radical (unpaired) electrons. The smallest absolute Gasteiger partial charge is 0.269 e. The van der Waals surface area contributed by atoms with Crippen molar-refractivity contribution in [2.24, 2.45) is 0 Å². The lowest BCUT2D eigenvalue weighted by atomic mass is 10.0. The van der Waals surface area contributed by atoms with Crippen molar-refractivity contribution in [3.8, 4) is 0 Å². The zero-order chi connectivity index (χ0) is 16.0. The summed E-state index contributed by atoms with van der Waals surface area (Å²) in [5.74, 6) is 1.73. The number of hydrogen-bond acceptors (Lipinski definition) is 5. The van der Waals surface area contributed by atoms with Gasteiger partial charge >= 0.3 is 0 Å². The summed E-state index contributed by atoms with van der Waals surface area (Å²) in [6, 6.07) is 6.03. The van der Waals surface area contributed by atoms with Gasteiger partial charge in [-0.3, -0.25) is 14.9 Å². The molecule has 1 amide bonds. The van der Waals surface area contributed by atoms with Crippen molar-refractivity contribution in [1.82, 2.24) is 5.32 Å². The number of ether oxygens (including phenoxy) is 1. The van der Waals surface area contributed by atoms with Gasteiger partial charge in [0.1, 0.15) is 0 Å². The maximum atomic E-state index is 11.8. The summed E-state index contributed by atoms with van der Waals surface area (Å²) < 4.78 is 5.52. The maximum Gasteiger partial charge on any atom is 0.269 e. The molecule has 0 bridgehead atoms. The molecule has 1 fully saturated rings. The van der Waals surface area contributed by atoms with Gasteiger partial charge in [0.2, 0.25) is 5.91 Å². The van der Waals surface area contributed by atoms with Crippen LogP contribution in [0, 0.1) is 10.1 Å². The van der Waals surface area contributed by atoms with Gasteiger partial charge in [0.05, 0.1) is 10.5 Å². The number of rotatable bonds is 6. The first-order valence-electron chi connectivity index (χ1n) is 6.88. The number of nitrogens with zero attached hydrogens (tertiary/aromatic N) is 1. The highest BCUT2D eigenvalue weighted by Crippen LogP contribution is 2.30. The highest BCUT2D eigenvalue weighted by atomic mass is 32.2. The molecule has 1 aliphatic heterocycles. The van der Waals surface area contributed by atoms with E-state index in [9.17, 15) is 14.9 Å². The zero-order valence-electron chi connectivity index (χ0n) is 12.3. The van der Waals surface area contributed by atoms with Gasteiger partial charge in [0.15, 0.2) is 0 Å². The maximum absolute atomic E-state index is 11.8. The van der Waals surface area contributed by atoms with E-state index >= 15 is 0 Å². The van der Waals surface area contributed by atoms with E-state index in [0.717, 1.165) is 23.5 Å². The third-order valence-electron chi connectivity index (χ3n) is 3.62. The molecule has 1 unspecified atom stereocenters. The van der Waals surface area contributed by atoms with Gasteiger partial charge in [-0.25, -0.2) is 0 Å². The molecule has 1 N–H and O–H groups in total. The molecule has 1 atom stereocenters. The number of carbonyl (C=O) groups is 1. The third kappa shape index (κ3) is 4.32. The molecule has 7 heteroatoms. The van der Waals surface area contributed by atoms with Gasteiger partial charge in [-0.15, -0.1) is 0 Å². The summed E-state index contributed by atoms with van der Waals surface area (Å²) in [6.07, 6.45) is 3.98. The van der Waals surface area contributed by atoms with E-state index in [1.165, 1.54) is 18.2 Å². The quantitative estimate of drug-likeness (QED) is 0.493. The van der Waals surface area contributed by atoms with Crippen molar-refractivity contribution >= 4 is 29.4 Å². The zero-order valence-corrected chi connectivity index (χ0v) is 13.1. The van der Waals surface area contributed by atoms with Gasteiger partial charge in [-0.2, -0.15) is 11.8 Å². The number of thioether (sulfide) groups is 1. The summed E-state index contributed by atoms with van der Waals surface area (Å²) in [4.78, 5) is 21.9. The van der Waals surface area contributed by atoms with Crippen molar-refractivity contribution in [3.63, 3.8) is 0 Å². The van der Waals surface area contributed by atoms with E-state index in [1.54, 1.807) is 25.3 Å². The Morgan fingerprint density at radius 2 is 2.23 bits per heavy atom. The van der Waals surface area contributed by atoms with Crippen LogP contribution in [0.15, 0.2) is 30.3 Å². The third-order valence-corrected chi connectivity index (χ3v) is 4.84. The van der Waals surface area contributed by atoms with Crippen LogP contribution in [0.4, 0.5) is 5.69 Å². The molecule has 0 saturated carbocycles. The molecule has 1 aromatic rings. The first kappa shape index (κ1) is 16.5. The number of nitro benzene ring substituents is 1. The molecule has 0 aromatic heterocycles. The second-order valence-electron chi connectivity index (χ2n) is 5.09. The van der Waals surface area contributed by atoms with E-state index in [4.69, 9.17) is 4.74 Å². The van der Waals surface area contributed by atoms with E-state index in [-0.39, 0.29) is 17.2 Å².